The first-order valence-electron chi connectivity index (χ1n) is 10.6. The Kier molecular flexibility index (Phi) is 4.54. The molecule has 3 aliphatic rings. The number of rotatable bonds is 5. The summed E-state index contributed by atoms with van der Waals surface area (Å²) in [7, 11) is 1.59. The third kappa shape index (κ3) is 2.82. The number of hydrogen-bond acceptors (Lipinski definition) is 4. The quantitative estimate of drug-likeness (QED) is 0.800. The second-order valence-corrected chi connectivity index (χ2v) is 8.43. The van der Waals surface area contributed by atoms with Crippen molar-refractivity contribution in [3.8, 4) is 5.75 Å². The van der Waals surface area contributed by atoms with Crippen molar-refractivity contribution in [3.63, 3.8) is 0 Å². The molecule has 2 fully saturated rings. The predicted molar refractivity (Wildman–Crippen MR) is 112 cm³/mol. The van der Waals surface area contributed by atoms with Crippen LogP contribution in [0.2, 0.25) is 0 Å². The number of ether oxygens (including phenoxy) is 2. The number of fused-ring (bicyclic) bond motifs is 2. The van der Waals surface area contributed by atoms with E-state index in [4.69, 9.17) is 9.47 Å². The molecule has 156 valence electrons. The molecule has 0 radical (unpaired) electrons. The summed E-state index contributed by atoms with van der Waals surface area (Å²) in [5.74, 6) is 1.02. The Balaban J connectivity index is 1.57. The van der Waals surface area contributed by atoms with E-state index in [2.05, 4.69) is 29.7 Å². The summed E-state index contributed by atoms with van der Waals surface area (Å²) in [6.07, 6.45) is 0.798. The third-order valence-corrected chi connectivity index (χ3v) is 6.98. The SMILES string of the molecule is CCC1(c2ccccc2)COc2c(C(=O)NC)cc(C(=O)NC3[C@H]4COC[C@@H]34)cc21. The third-order valence-electron chi connectivity index (χ3n) is 6.98. The van der Waals surface area contributed by atoms with Crippen LogP contribution in [0.1, 0.15) is 45.2 Å². The molecule has 5 rings (SSSR count). The van der Waals surface area contributed by atoms with Crippen molar-refractivity contribution in [1.29, 1.82) is 0 Å². The molecular formula is C24H26N2O4. The monoisotopic (exact) mass is 406 g/mol. The summed E-state index contributed by atoms with van der Waals surface area (Å²) >= 11 is 0. The molecule has 0 aromatic heterocycles. The van der Waals surface area contributed by atoms with Gasteiger partial charge in [0, 0.05) is 36.1 Å². The van der Waals surface area contributed by atoms with E-state index in [0.717, 1.165) is 17.5 Å². The molecular weight excluding hydrogens is 380 g/mol. The molecule has 1 saturated carbocycles. The van der Waals surface area contributed by atoms with Crippen molar-refractivity contribution in [2.24, 2.45) is 11.8 Å². The highest BCUT2D eigenvalue weighted by Crippen LogP contribution is 2.48. The number of amides is 2. The first kappa shape index (κ1) is 19.1. The smallest absolute Gasteiger partial charge is 0.254 e. The van der Waals surface area contributed by atoms with Crippen LogP contribution in [-0.2, 0) is 10.2 Å². The summed E-state index contributed by atoms with van der Waals surface area (Å²) in [6.45, 7) is 3.99. The van der Waals surface area contributed by atoms with Crippen molar-refractivity contribution in [3.05, 3.63) is 64.7 Å². The van der Waals surface area contributed by atoms with Crippen LogP contribution in [0.15, 0.2) is 42.5 Å². The van der Waals surface area contributed by atoms with Crippen LogP contribution in [0.25, 0.3) is 0 Å². The number of hydrogen-bond donors (Lipinski definition) is 2. The second-order valence-electron chi connectivity index (χ2n) is 8.43. The molecule has 0 spiro atoms. The highest BCUT2D eigenvalue weighted by molar-refractivity contribution is 6.02. The minimum absolute atomic E-state index is 0.146. The van der Waals surface area contributed by atoms with Crippen LogP contribution in [-0.4, -0.2) is 44.7 Å². The Morgan fingerprint density at radius 1 is 1.10 bits per heavy atom. The van der Waals surface area contributed by atoms with Crippen LogP contribution in [0.3, 0.4) is 0 Å². The maximum Gasteiger partial charge on any atom is 0.254 e. The van der Waals surface area contributed by atoms with Gasteiger partial charge in [0.15, 0.2) is 0 Å². The zero-order valence-electron chi connectivity index (χ0n) is 17.2. The van der Waals surface area contributed by atoms with Gasteiger partial charge in [-0.1, -0.05) is 37.3 Å². The normalized spacial score (nSPS) is 28.3. The van der Waals surface area contributed by atoms with E-state index >= 15 is 0 Å². The number of benzene rings is 2. The molecule has 1 saturated heterocycles. The van der Waals surface area contributed by atoms with Crippen molar-refractivity contribution in [1.82, 2.24) is 10.6 Å². The highest BCUT2D eigenvalue weighted by Gasteiger charge is 2.55. The lowest BCUT2D eigenvalue weighted by molar-refractivity contribution is 0.0928. The lowest BCUT2D eigenvalue weighted by Gasteiger charge is -2.27. The molecule has 6 nitrogen and oxygen atoms in total. The maximum absolute atomic E-state index is 13.1. The molecule has 0 bridgehead atoms. The average molecular weight is 406 g/mol. The van der Waals surface area contributed by atoms with Crippen molar-refractivity contribution >= 4 is 11.8 Å². The molecule has 2 amide bonds. The van der Waals surface area contributed by atoms with E-state index in [9.17, 15) is 9.59 Å². The van der Waals surface area contributed by atoms with Gasteiger partial charge in [-0.15, -0.1) is 0 Å². The molecule has 2 unspecified atom stereocenters. The van der Waals surface area contributed by atoms with Crippen LogP contribution in [0.4, 0.5) is 0 Å². The van der Waals surface area contributed by atoms with Gasteiger partial charge >= 0.3 is 0 Å². The van der Waals surface area contributed by atoms with E-state index in [1.807, 2.05) is 24.3 Å². The molecule has 30 heavy (non-hydrogen) atoms. The maximum atomic E-state index is 13.1. The van der Waals surface area contributed by atoms with Gasteiger partial charge in [-0.25, -0.2) is 0 Å². The van der Waals surface area contributed by atoms with Gasteiger partial charge in [0.2, 0.25) is 0 Å². The second kappa shape index (κ2) is 7.13. The Morgan fingerprint density at radius 3 is 2.50 bits per heavy atom. The molecule has 2 aliphatic heterocycles. The predicted octanol–water partition coefficient (Wildman–Crippen LogP) is 2.51. The fourth-order valence-corrected chi connectivity index (χ4v) is 5.03. The summed E-state index contributed by atoms with van der Waals surface area (Å²) < 4.78 is 11.5. The number of carbonyl (C=O) groups excluding carboxylic acids is 2. The molecule has 2 N–H and O–H groups in total. The minimum Gasteiger partial charge on any atom is -0.491 e. The van der Waals surface area contributed by atoms with Crippen molar-refractivity contribution < 1.29 is 19.1 Å². The molecule has 2 aromatic rings. The van der Waals surface area contributed by atoms with Gasteiger partial charge in [-0.2, -0.15) is 0 Å². The Labute approximate surface area is 176 Å². The first-order valence-corrected chi connectivity index (χ1v) is 10.6. The molecule has 2 heterocycles. The summed E-state index contributed by atoms with van der Waals surface area (Å²) in [5.41, 5.74) is 2.55. The van der Waals surface area contributed by atoms with Crippen LogP contribution in [0.5, 0.6) is 5.75 Å². The lowest BCUT2D eigenvalue weighted by Crippen LogP contribution is -2.31. The van der Waals surface area contributed by atoms with Crippen LogP contribution >= 0.6 is 0 Å². The van der Waals surface area contributed by atoms with Crippen molar-refractivity contribution in [2.75, 3.05) is 26.9 Å². The zero-order valence-corrected chi connectivity index (χ0v) is 17.2. The molecule has 2 aromatic carbocycles. The molecule has 6 heteroatoms. The fraction of sp³-hybridized carbons (Fsp3) is 0.417. The Morgan fingerprint density at radius 2 is 1.83 bits per heavy atom. The Bertz CT molecular complexity index is 996. The van der Waals surface area contributed by atoms with Gasteiger partial charge in [0.1, 0.15) is 12.4 Å². The topological polar surface area (TPSA) is 76.7 Å². The van der Waals surface area contributed by atoms with E-state index in [-0.39, 0.29) is 23.3 Å². The average Bonchev–Trinajstić information content (AvgIpc) is 3.14. The Hall–Kier alpha value is -2.86. The van der Waals surface area contributed by atoms with E-state index < -0.39 is 0 Å². The highest BCUT2D eigenvalue weighted by atomic mass is 16.5. The van der Waals surface area contributed by atoms with Gasteiger partial charge in [-0.3, -0.25) is 9.59 Å². The van der Waals surface area contributed by atoms with Crippen molar-refractivity contribution in [2.45, 2.75) is 24.8 Å². The summed E-state index contributed by atoms with van der Waals surface area (Å²) in [5, 5.41) is 5.82. The summed E-state index contributed by atoms with van der Waals surface area (Å²) in [6, 6.07) is 13.9. The summed E-state index contributed by atoms with van der Waals surface area (Å²) in [4.78, 5) is 25.7. The fourth-order valence-electron chi connectivity index (χ4n) is 5.03. The van der Waals surface area contributed by atoms with E-state index in [0.29, 0.717) is 48.5 Å². The van der Waals surface area contributed by atoms with Gasteiger partial charge in [-0.05, 0) is 24.1 Å². The van der Waals surface area contributed by atoms with E-state index in [1.54, 1.807) is 13.1 Å². The van der Waals surface area contributed by atoms with Crippen LogP contribution < -0.4 is 15.4 Å². The molecule has 1 aliphatic carbocycles. The van der Waals surface area contributed by atoms with Gasteiger partial charge in [0.05, 0.1) is 24.2 Å². The number of carbonyl (C=O) groups is 2. The first-order chi connectivity index (χ1) is 14.6. The van der Waals surface area contributed by atoms with Gasteiger partial charge in [0.25, 0.3) is 11.8 Å². The van der Waals surface area contributed by atoms with Gasteiger partial charge < -0.3 is 20.1 Å². The zero-order chi connectivity index (χ0) is 20.9. The minimum atomic E-state index is -0.389. The lowest BCUT2D eigenvalue weighted by atomic mass is 9.73. The standard InChI is InChI=1S/C24H26N2O4/c1-3-24(15-7-5-4-6-8-15)13-30-21-16(23(28)25-2)9-14(10-19(21)24)22(27)26-20-17-11-29-12-18(17)20/h4-10,17-18,20H,3,11-13H2,1-2H3,(H,25,28)(H,26,27)/t17-,18+,20?,24?. The molecule has 4 atom stereocenters. The van der Waals surface area contributed by atoms with E-state index in [1.165, 1.54) is 0 Å². The largest absolute Gasteiger partial charge is 0.491 e. The number of nitrogens with one attached hydrogen (secondary N) is 2. The van der Waals surface area contributed by atoms with Crippen LogP contribution in [0, 0.1) is 11.8 Å².